The van der Waals surface area contributed by atoms with Gasteiger partial charge in [-0.25, -0.2) is 19.6 Å². The van der Waals surface area contributed by atoms with E-state index in [0.717, 1.165) is 48.2 Å². The van der Waals surface area contributed by atoms with Gasteiger partial charge in [0, 0.05) is 13.1 Å². The molecule has 2 fully saturated rings. The molecule has 2 aliphatic rings. The number of imidazole rings is 2. The zero-order valence-electron chi connectivity index (χ0n) is 29.2. The van der Waals surface area contributed by atoms with Crippen LogP contribution in [-0.4, -0.2) is 93.1 Å². The minimum absolute atomic E-state index is 0. The van der Waals surface area contributed by atoms with Crippen LogP contribution in [0.5, 0.6) is 0 Å². The second kappa shape index (κ2) is 17.6. The van der Waals surface area contributed by atoms with Gasteiger partial charge in [0.2, 0.25) is 11.8 Å². The summed E-state index contributed by atoms with van der Waals surface area (Å²) in [6.07, 6.45) is 5.51. The minimum Gasteiger partial charge on any atom is -0.453 e. The standard InChI is InChI=1S/C34H46N8O6.2ClH/c1-19(2)27(39-33(45)47-5)31(43)41-15-7-9-25(41)29-35-17-23(37-29)21-11-13-22(14-12-21)24-18-36-30(38-24)26-10-8-16-42(26)32(44)28(20(3)4)40-34(46)48-6;;/h11-14,17-20,25-28H,7-10,15-16H2,1-6H3,(H,35,37)(H,36,38)(H,39,45)(H,40,46);2*1H/t25?,26?,27-,28?;;/m0../s1. The fourth-order valence-corrected chi connectivity index (χ4v) is 6.52. The third kappa shape index (κ3) is 8.70. The molecule has 2 aliphatic heterocycles. The summed E-state index contributed by atoms with van der Waals surface area (Å²) in [6, 6.07) is 6.16. The first-order valence-electron chi connectivity index (χ1n) is 16.5. The monoisotopic (exact) mass is 734 g/mol. The number of carbonyl (C=O) groups is 4. The minimum atomic E-state index is -0.694. The molecule has 3 aromatic rings. The number of nitrogens with one attached hydrogen (secondary N) is 4. The molecule has 1 aromatic carbocycles. The van der Waals surface area contributed by atoms with Crippen LogP contribution in [-0.2, 0) is 19.1 Å². The predicted molar refractivity (Wildman–Crippen MR) is 192 cm³/mol. The Labute approximate surface area is 304 Å². The number of aromatic amines is 2. The average molecular weight is 736 g/mol. The molecule has 3 unspecified atom stereocenters. The molecule has 0 radical (unpaired) electrons. The fourth-order valence-electron chi connectivity index (χ4n) is 6.52. The highest BCUT2D eigenvalue weighted by atomic mass is 35.5. The maximum Gasteiger partial charge on any atom is 0.407 e. The van der Waals surface area contributed by atoms with Crippen LogP contribution in [0.2, 0.25) is 0 Å². The van der Waals surface area contributed by atoms with Crippen LogP contribution in [0.3, 0.4) is 0 Å². The molecule has 50 heavy (non-hydrogen) atoms. The highest BCUT2D eigenvalue weighted by Gasteiger charge is 2.39. The number of nitrogens with zero attached hydrogens (tertiary/aromatic N) is 4. The van der Waals surface area contributed by atoms with Crippen molar-refractivity contribution in [3.05, 3.63) is 48.3 Å². The van der Waals surface area contributed by atoms with Crippen LogP contribution in [0.15, 0.2) is 36.7 Å². The molecule has 2 aromatic heterocycles. The molecule has 4 atom stereocenters. The Balaban J connectivity index is 0.00000338. The number of carbonyl (C=O) groups excluding carboxylic acids is 4. The molecule has 4 amide bonds. The van der Waals surface area contributed by atoms with Gasteiger partial charge in [-0.2, -0.15) is 0 Å². The maximum absolute atomic E-state index is 13.5. The first-order chi connectivity index (χ1) is 23.0. The lowest BCUT2D eigenvalue weighted by molar-refractivity contribution is -0.136. The molecule has 5 rings (SSSR count). The lowest BCUT2D eigenvalue weighted by Gasteiger charge is -2.30. The fraction of sp³-hybridized carbons (Fsp3) is 0.529. The van der Waals surface area contributed by atoms with Crippen molar-refractivity contribution < 1.29 is 28.7 Å². The maximum atomic E-state index is 13.5. The van der Waals surface area contributed by atoms with Gasteiger partial charge in [0.05, 0.1) is 50.1 Å². The number of amides is 4. The second-order valence-corrected chi connectivity index (χ2v) is 13.0. The smallest absolute Gasteiger partial charge is 0.407 e. The van der Waals surface area contributed by atoms with Crippen molar-refractivity contribution in [2.24, 2.45) is 11.8 Å². The van der Waals surface area contributed by atoms with Crippen molar-refractivity contribution in [1.82, 2.24) is 40.4 Å². The summed E-state index contributed by atoms with van der Waals surface area (Å²) in [5, 5.41) is 5.36. The molecule has 14 nitrogen and oxygen atoms in total. The number of halogens is 2. The third-order valence-electron chi connectivity index (χ3n) is 9.18. The van der Waals surface area contributed by atoms with E-state index in [-0.39, 0.29) is 60.5 Å². The van der Waals surface area contributed by atoms with Crippen LogP contribution in [0.25, 0.3) is 22.5 Å². The van der Waals surface area contributed by atoms with Crippen molar-refractivity contribution in [2.45, 2.75) is 77.5 Å². The zero-order valence-corrected chi connectivity index (χ0v) is 30.9. The second-order valence-electron chi connectivity index (χ2n) is 13.0. The summed E-state index contributed by atoms with van der Waals surface area (Å²) >= 11 is 0. The number of methoxy groups -OCH3 is 2. The molecule has 0 saturated carbocycles. The highest BCUT2D eigenvalue weighted by molar-refractivity contribution is 5.87. The van der Waals surface area contributed by atoms with E-state index in [1.807, 2.05) is 52.0 Å². The predicted octanol–water partition coefficient (Wildman–Crippen LogP) is 5.40. The van der Waals surface area contributed by atoms with Gasteiger partial charge in [0.15, 0.2) is 0 Å². The van der Waals surface area contributed by atoms with Crippen LogP contribution >= 0.6 is 24.8 Å². The first-order valence-corrected chi connectivity index (χ1v) is 16.5. The molecule has 2 saturated heterocycles. The Morgan fingerprint density at radius 2 is 1.06 bits per heavy atom. The Morgan fingerprint density at radius 1 is 0.700 bits per heavy atom. The molecule has 0 bridgehead atoms. The van der Waals surface area contributed by atoms with Gasteiger partial charge in [0.25, 0.3) is 0 Å². The number of hydrogen-bond acceptors (Lipinski definition) is 8. The Hall–Kier alpha value is -4.30. The summed E-state index contributed by atoms with van der Waals surface area (Å²) in [7, 11) is 2.56. The van der Waals surface area contributed by atoms with E-state index in [4.69, 9.17) is 9.47 Å². The number of H-pyrrole nitrogens is 2. The number of hydrogen-bond donors (Lipinski definition) is 4. The van der Waals surface area contributed by atoms with Crippen LogP contribution in [0.1, 0.15) is 77.1 Å². The third-order valence-corrected chi connectivity index (χ3v) is 9.18. The highest BCUT2D eigenvalue weighted by Crippen LogP contribution is 2.35. The van der Waals surface area contributed by atoms with E-state index in [1.165, 1.54) is 14.2 Å². The van der Waals surface area contributed by atoms with Gasteiger partial charge in [0.1, 0.15) is 23.7 Å². The van der Waals surface area contributed by atoms with E-state index in [9.17, 15) is 19.2 Å². The number of rotatable bonds is 10. The van der Waals surface area contributed by atoms with E-state index in [2.05, 4.69) is 30.6 Å². The molecule has 0 spiro atoms. The van der Waals surface area contributed by atoms with Crippen LogP contribution in [0.4, 0.5) is 9.59 Å². The summed E-state index contributed by atoms with van der Waals surface area (Å²) < 4.78 is 9.47. The summed E-state index contributed by atoms with van der Waals surface area (Å²) in [5.41, 5.74) is 3.53. The number of likely N-dealkylation sites (tertiary alicyclic amines) is 2. The lowest BCUT2D eigenvalue weighted by atomic mass is 10.0. The molecular weight excluding hydrogens is 687 g/mol. The molecule has 0 aliphatic carbocycles. The zero-order chi connectivity index (χ0) is 34.5. The first kappa shape index (κ1) is 40.1. The largest absolute Gasteiger partial charge is 0.453 e. The van der Waals surface area contributed by atoms with Gasteiger partial charge < -0.3 is 39.9 Å². The Kier molecular flexibility index (Phi) is 14.1. The molecule has 16 heteroatoms. The van der Waals surface area contributed by atoms with Gasteiger partial charge in [-0.3, -0.25) is 9.59 Å². The van der Waals surface area contributed by atoms with Crippen molar-refractivity contribution in [2.75, 3.05) is 27.3 Å². The SMILES string of the molecule is COC(=O)NC(C(=O)N1CCCC1c1ncc(-c2ccc(-c3cnc(C4CCCN4C(=O)[C@@H](NC(=O)OC)C(C)C)[nH]3)cc2)[nH]1)C(C)C.Cl.Cl. The summed E-state index contributed by atoms with van der Waals surface area (Å²) in [6.45, 7) is 8.73. The topological polar surface area (TPSA) is 175 Å². The summed E-state index contributed by atoms with van der Waals surface area (Å²) in [4.78, 5) is 70.4. The van der Waals surface area contributed by atoms with Gasteiger partial charge >= 0.3 is 12.2 Å². The number of alkyl carbamates (subject to hydrolysis) is 2. The molecule has 274 valence electrons. The van der Waals surface area contributed by atoms with Gasteiger partial charge in [-0.1, -0.05) is 52.0 Å². The normalized spacial score (nSPS) is 18.2. The van der Waals surface area contributed by atoms with Gasteiger partial charge in [-0.15, -0.1) is 24.8 Å². The van der Waals surface area contributed by atoms with E-state index in [0.29, 0.717) is 24.7 Å². The van der Waals surface area contributed by atoms with E-state index < -0.39 is 24.3 Å². The molecule has 4 heterocycles. The Bertz CT molecular complexity index is 1490. The van der Waals surface area contributed by atoms with Crippen molar-refractivity contribution in [3.63, 3.8) is 0 Å². The Morgan fingerprint density at radius 3 is 1.38 bits per heavy atom. The van der Waals surface area contributed by atoms with Crippen LogP contribution in [0, 0.1) is 11.8 Å². The number of benzene rings is 1. The average Bonchev–Trinajstić information content (AvgIpc) is 3.90. The quantitative estimate of drug-likeness (QED) is 0.214. The van der Waals surface area contributed by atoms with Gasteiger partial charge in [-0.05, 0) is 48.6 Å². The number of aromatic nitrogens is 4. The lowest BCUT2D eigenvalue weighted by Crippen LogP contribution is -2.51. The molecular formula is C34H48Cl2N8O6. The van der Waals surface area contributed by atoms with Crippen LogP contribution < -0.4 is 10.6 Å². The van der Waals surface area contributed by atoms with Crippen molar-refractivity contribution >= 4 is 48.8 Å². The number of ether oxygens (including phenoxy) is 2. The summed E-state index contributed by atoms with van der Waals surface area (Å²) in [5.74, 6) is 0.888. The molecule has 4 N–H and O–H groups in total. The van der Waals surface area contributed by atoms with E-state index >= 15 is 0 Å². The van der Waals surface area contributed by atoms with Crippen molar-refractivity contribution in [1.29, 1.82) is 0 Å². The van der Waals surface area contributed by atoms with E-state index in [1.54, 1.807) is 22.2 Å². The van der Waals surface area contributed by atoms with Crippen molar-refractivity contribution in [3.8, 4) is 22.5 Å².